The molecule has 0 saturated carbocycles. The van der Waals surface area contributed by atoms with Gasteiger partial charge >= 0.3 is 0 Å². The van der Waals surface area contributed by atoms with Crippen LogP contribution in [0.3, 0.4) is 0 Å². The first-order chi connectivity index (χ1) is 7.54. The number of halogens is 3. The van der Waals surface area contributed by atoms with Gasteiger partial charge in [-0.15, -0.1) is 11.6 Å². The fourth-order valence-corrected chi connectivity index (χ4v) is 2.00. The SMILES string of the molecule is CC(=O)C(CCCl)Cc1cc(F)ccc1Cl. The molecule has 0 N–H and O–H groups in total. The minimum absolute atomic E-state index is 0.0565. The molecule has 16 heavy (non-hydrogen) atoms. The second-order valence-electron chi connectivity index (χ2n) is 3.73. The second kappa shape index (κ2) is 6.21. The minimum atomic E-state index is -0.340. The van der Waals surface area contributed by atoms with Gasteiger partial charge in [-0.25, -0.2) is 4.39 Å². The number of Topliss-reactive ketones (excluding diaryl/α,β-unsaturated/α-hetero) is 1. The molecule has 88 valence electrons. The highest BCUT2D eigenvalue weighted by atomic mass is 35.5. The van der Waals surface area contributed by atoms with Crippen molar-refractivity contribution in [3.8, 4) is 0 Å². The van der Waals surface area contributed by atoms with Crippen LogP contribution in [0.4, 0.5) is 4.39 Å². The Labute approximate surface area is 105 Å². The minimum Gasteiger partial charge on any atom is -0.300 e. The Morgan fingerprint density at radius 2 is 2.19 bits per heavy atom. The van der Waals surface area contributed by atoms with E-state index >= 15 is 0 Å². The van der Waals surface area contributed by atoms with Crippen molar-refractivity contribution in [3.63, 3.8) is 0 Å². The summed E-state index contributed by atoms with van der Waals surface area (Å²) < 4.78 is 13.0. The third-order valence-electron chi connectivity index (χ3n) is 2.51. The van der Waals surface area contributed by atoms with Gasteiger partial charge in [0.2, 0.25) is 0 Å². The Morgan fingerprint density at radius 3 is 2.75 bits per heavy atom. The molecular weight excluding hydrogens is 250 g/mol. The molecule has 1 aromatic rings. The van der Waals surface area contributed by atoms with Crippen LogP contribution in [0.1, 0.15) is 18.9 Å². The van der Waals surface area contributed by atoms with Crippen LogP contribution >= 0.6 is 23.2 Å². The van der Waals surface area contributed by atoms with Gasteiger partial charge in [0, 0.05) is 16.8 Å². The van der Waals surface area contributed by atoms with Crippen LogP contribution in [0.25, 0.3) is 0 Å². The summed E-state index contributed by atoms with van der Waals surface area (Å²) in [7, 11) is 0. The topological polar surface area (TPSA) is 17.1 Å². The molecule has 1 rings (SSSR count). The number of alkyl halides is 1. The summed E-state index contributed by atoms with van der Waals surface area (Å²) in [6.07, 6.45) is 1.03. The van der Waals surface area contributed by atoms with Gasteiger partial charge in [0.1, 0.15) is 11.6 Å². The first kappa shape index (κ1) is 13.5. The summed E-state index contributed by atoms with van der Waals surface area (Å²) in [5.74, 6) is -0.0534. The first-order valence-corrected chi connectivity index (χ1v) is 5.96. The maximum atomic E-state index is 13.0. The standard InChI is InChI=1S/C12H13Cl2FO/c1-8(16)9(4-5-13)6-10-7-11(15)2-3-12(10)14/h2-3,7,9H,4-6H2,1H3. The highest BCUT2D eigenvalue weighted by Gasteiger charge is 2.16. The lowest BCUT2D eigenvalue weighted by atomic mass is 9.93. The summed E-state index contributed by atoms with van der Waals surface area (Å²) in [6.45, 7) is 1.52. The van der Waals surface area contributed by atoms with Gasteiger partial charge in [-0.2, -0.15) is 0 Å². The van der Waals surface area contributed by atoms with Crippen LogP contribution in [-0.2, 0) is 11.2 Å². The van der Waals surface area contributed by atoms with E-state index in [9.17, 15) is 9.18 Å². The highest BCUT2D eigenvalue weighted by molar-refractivity contribution is 6.31. The molecule has 1 nitrogen and oxygen atoms in total. The molecule has 0 aliphatic carbocycles. The lowest BCUT2D eigenvalue weighted by Crippen LogP contribution is -2.15. The second-order valence-corrected chi connectivity index (χ2v) is 4.51. The Hall–Kier alpha value is -0.600. The Kier molecular flexibility index (Phi) is 5.23. The third kappa shape index (κ3) is 3.76. The summed E-state index contributed by atoms with van der Waals surface area (Å²) in [6, 6.07) is 4.17. The van der Waals surface area contributed by atoms with Crippen molar-refractivity contribution in [3.05, 3.63) is 34.6 Å². The molecule has 0 aliphatic rings. The van der Waals surface area contributed by atoms with Crippen molar-refractivity contribution >= 4 is 29.0 Å². The van der Waals surface area contributed by atoms with Gasteiger partial charge in [0.05, 0.1) is 0 Å². The molecule has 0 fully saturated rings. The van der Waals surface area contributed by atoms with Gasteiger partial charge in [0.25, 0.3) is 0 Å². The van der Waals surface area contributed by atoms with Crippen molar-refractivity contribution in [2.75, 3.05) is 5.88 Å². The lowest BCUT2D eigenvalue weighted by molar-refractivity contribution is -0.120. The summed E-state index contributed by atoms with van der Waals surface area (Å²) in [5, 5.41) is 0.488. The number of hydrogen-bond acceptors (Lipinski definition) is 1. The number of benzene rings is 1. The Morgan fingerprint density at radius 1 is 1.50 bits per heavy atom. The van der Waals surface area contributed by atoms with E-state index in [-0.39, 0.29) is 17.5 Å². The monoisotopic (exact) mass is 262 g/mol. The molecule has 0 radical (unpaired) electrons. The van der Waals surface area contributed by atoms with Gasteiger partial charge in [-0.3, -0.25) is 4.79 Å². The Bertz CT molecular complexity index is 379. The number of carbonyl (C=O) groups excluding carboxylic acids is 1. The molecule has 0 saturated heterocycles. The normalized spacial score (nSPS) is 12.5. The third-order valence-corrected chi connectivity index (χ3v) is 3.09. The maximum absolute atomic E-state index is 13.0. The fraction of sp³-hybridized carbons (Fsp3) is 0.417. The molecule has 0 aliphatic heterocycles. The van der Waals surface area contributed by atoms with Crippen molar-refractivity contribution < 1.29 is 9.18 Å². The van der Waals surface area contributed by atoms with Crippen LogP contribution in [0, 0.1) is 11.7 Å². The molecule has 0 spiro atoms. The molecule has 1 unspecified atom stereocenters. The Balaban J connectivity index is 2.84. The maximum Gasteiger partial charge on any atom is 0.133 e. The van der Waals surface area contributed by atoms with Crippen molar-refractivity contribution in [2.45, 2.75) is 19.8 Å². The predicted octanol–water partition coefficient (Wildman–Crippen LogP) is 3.86. The van der Waals surface area contributed by atoms with E-state index in [1.807, 2.05) is 0 Å². The molecule has 0 aromatic heterocycles. The summed E-state index contributed by atoms with van der Waals surface area (Å²) in [5.41, 5.74) is 0.659. The van der Waals surface area contributed by atoms with E-state index in [2.05, 4.69) is 0 Å². The van der Waals surface area contributed by atoms with Crippen LogP contribution in [-0.4, -0.2) is 11.7 Å². The predicted molar refractivity (Wildman–Crippen MR) is 64.6 cm³/mol. The molecule has 0 bridgehead atoms. The van der Waals surface area contributed by atoms with E-state index in [1.165, 1.54) is 25.1 Å². The van der Waals surface area contributed by atoms with Crippen LogP contribution < -0.4 is 0 Å². The average Bonchev–Trinajstić information content (AvgIpc) is 2.22. The first-order valence-electron chi connectivity index (χ1n) is 5.05. The molecule has 4 heteroatoms. The van der Waals surface area contributed by atoms with Crippen LogP contribution in [0.5, 0.6) is 0 Å². The summed E-state index contributed by atoms with van der Waals surface area (Å²) >= 11 is 11.6. The molecule has 0 amide bonds. The highest BCUT2D eigenvalue weighted by Crippen LogP contribution is 2.22. The van der Waals surface area contributed by atoms with E-state index in [0.29, 0.717) is 29.3 Å². The van der Waals surface area contributed by atoms with Crippen molar-refractivity contribution in [1.29, 1.82) is 0 Å². The van der Waals surface area contributed by atoms with Gasteiger partial charge in [-0.05, 0) is 43.5 Å². The van der Waals surface area contributed by atoms with Crippen molar-refractivity contribution in [1.82, 2.24) is 0 Å². The van der Waals surface area contributed by atoms with E-state index in [1.54, 1.807) is 0 Å². The van der Waals surface area contributed by atoms with E-state index in [0.717, 1.165) is 0 Å². The van der Waals surface area contributed by atoms with Gasteiger partial charge < -0.3 is 0 Å². The zero-order chi connectivity index (χ0) is 12.1. The number of hydrogen-bond donors (Lipinski definition) is 0. The molecule has 1 aromatic carbocycles. The summed E-state index contributed by atoms with van der Waals surface area (Å²) in [4.78, 5) is 11.3. The number of rotatable bonds is 5. The average molecular weight is 263 g/mol. The number of ketones is 1. The number of carbonyl (C=O) groups is 1. The largest absolute Gasteiger partial charge is 0.300 e. The fourth-order valence-electron chi connectivity index (χ4n) is 1.55. The van der Waals surface area contributed by atoms with Crippen molar-refractivity contribution in [2.24, 2.45) is 5.92 Å². The molecule has 0 heterocycles. The zero-order valence-corrected chi connectivity index (χ0v) is 10.5. The molecule has 1 atom stereocenters. The smallest absolute Gasteiger partial charge is 0.133 e. The quantitative estimate of drug-likeness (QED) is 0.737. The zero-order valence-electron chi connectivity index (χ0n) is 8.97. The van der Waals surface area contributed by atoms with Gasteiger partial charge in [0.15, 0.2) is 0 Å². The van der Waals surface area contributed by atoms with Crippen LogP contribution in [0.15, 0.2) is 18.2 Å². The van der Waals surface area contributed by atoms with E-state index in [4.69, 9.17) is 23.2 Å². The van der Waals surface area contributed by atoms with Crippen LogP contribution in [0.2, 0.25) is 5.02 Å². The van der Waals surface area contributed by atoms with Gasteiger partial charge in [-0.1, -0.05) is 11.6 Å². The van der Waals surface area contributed by atoms with E-state index < -0.39 is 0 Å². The molecular formula is C12H13Cl2FO. The lowest BCUT2D eigenvalue weighted by Gasteiger charge is -2.13.